The summed E-state index contributed by atoms with van der Waals surface area (Å²) in [5.41, 5.74) is 7.47. The second-order valence-corrected chi connectivity index (χ2v) is 5.30. The number of nitrogens with two attached hydrogens (primary N) is 1. The monoisotopic (exact) mass is 273 g/mol. The lowest BCUT2D eigenvalue weighted by Crippen LogP contribution is -2.47. The summed E-state index contributed by atoms with van der Waals surface area (Å²) in [6, 6.07) is 5.85. The normalized spacial score (nSPS) is 18.1. The van der Waals surface area contributed by atoms with E-state index in [0.717, 1.165) is 29.3 Å². The van der Waals surface area contributed by atoms with Crippen LogP contribution in [0.4, 0.5) is 11.4 Å². The van der Waals surface area contributed by atoms with E-state index in [-0.39, 0.29) is 12.1 Å². The van der Waals surface area contributed by atoms with Crippen molar-refractivity contribution in [2.45, 2.75) is 18.4 Å². The third kappa shape index (κ3) is 2.30. The van der Waals surface area contributed by atoms with Gasteiger partial charge in [0.05, 0.1) is 23.5 Å². The number of nitrogens with zero attached hydrogens (tertiary/aromatic N) is 1. The zero-order valence-corrected chi connectivity index (χ0v) is 11.3. The van der Waals surface area contributed by atoms with Gasteiger partial charge in [0, 0.05) is 36.4 Å². The molecule has 0 bridgehead atoms. The number of hydrogen-bond donors (Lipinski definition) is 3. The van der Waals surface area contributed by atoms with Crippen LogP contribution in [0.1, 0.15) is 12.8 Å². The van der Waals surface area contributed by atoms with Crippen molar-refractivity contribution < 1.29 is 9.84 Å². The van der Waals surface area contributed by atoms with Gasteiger partial charge in [-0.1, -0.05) is 6.07 Å². The highest BCUT2D eigenvalue weighted by atomic mass is 16.5. The van der Waals surface area contributed by atoms with Gasteiger partial charge in [0.2, 0.25) is 0 Å². The minimum absolute atomic E-state index is 0.0736. The molecule has 0 spiro atoms. The minimum Gasteiger partial charge on any atom is -0.397 e. The lowest BCUT2D eigenvalue weighted by atomic mass is 9.90. The molecule has 5 nitrogen and oxygen atoms in total. The van der Waals surface area contributed by atoms with E-state index in [1.807, 2.05) is 18.2 Å². The van der Waals surface area contributed by atoms with E-state index in [0.29, 0.717) is 18.9 Å². The van der Waals surface area contributed by atoms with E-state index < -0.39 is 0 Å². The summed E-state index contributed by atoms with van der Waals surface area (Å²) in [5.74, 6) is 0. The fourth-order valence-electron chi connectivity index (χ4n) is 2.67. The maximum absolute atomic E-state index is 9.74. The van der Waals surface area contributed by atoms with Crippen molar-refractivity contribution in [3.63, 3.8) is 0 Å². The van der Waals surface area contributed by atoms with Crippen molar-refractivity contribution in [2.24, 2.45) is 0 Å². The predicted octanol–water partition coefficient (Wildman–Crippen LogP) is 1.77. The van der Waals surface area contributed by atoms with Gasteiger partial charge >= 0.3 is 0 Å². The van der Waals surface area contributed by atoms with E-state index in [1.165, 1.54) is 0 Å². The largest absolute Gasteiger partial charge is 0.397 e. The van der Waals surface area contributed by atoms with Gasteiger partial charge in [-0.3, -0.25) is 4.98 Å². The lowest BCUT2D eigenvalue weighted by Gasteiger charge is -2.37. The summed E-state index contributed by atoms with van der Waals surface area (Å²) in [5, 5.41) is 15.2. The number of nitrogens with one attached hydrogen (secondary N) is 1. The third-order valence-electron chi connectivity index (χ3n) is 4.01. The molecule has 0 amide bonds. The smallest absolute Gasteiger partial charge is 0.0663 e. The molecule has 1 fully saturated rings. The zero-order chi connectivity index (χ0) is 14.0. The molecule has 2 heterocycles. The Morgan fingerprint density at radius 3 is 2.85 bits per heavy atom. The number of pyridine rings is 1. The molecule has 1 aromatic carbocycles. The molecule has 2 aromatic rings. The maximum Gasteiger partial charge on any atom is 0.0663 e. The number of aliphatic hydroxyl groups excluding tert-OH is 1. The number of nitrogen functional groups attached to an aromatic ring is 1. The summed E-state index contributed by atoms with van der Waals surface area (Å²) < 4.78 is 5.37. The second-order valence-electron chi connectivity index (χ2n) is 5.30. The highest BCUT2D eigenvalue weighted by Gasteiger charge is 2.32. The summed E-state index contributed by atoms with van der Waals surface area (Å²) in [6.45, 7) is 1.39. The van der Waals surface area contributed by atoms with Crippen LogP contribution in [0.2, 0.25) is 0 Å². The average molecular weight is 273 g/mol. The van der Waals surface area contributed by atoms with Gasteiger partial charge in [-0.25, -0.2) is 0 Å². The molecule has 5 heteroatoms. The highest BCUT2D eigenvalue weighted by molar-refractivity contribution is 5.98. The first-order valence-corrected chi connectivity index (χ1v) is 6.83. The number of fused-ring (bicyclic) bond motifs is 1. The third-order valence-corrected chi connectivity index (χ3v) is 4.01. The molecule has 1 saturated heterocycles. The number of rotatable bonds is 3. The predicted molar refractivity (Wildman–Crippen MR) is 79.6 cm³/mol. The molecule has 3 rings (SSSR count). The average Bonchev–Trinajstić information content (AvgIpc) is 2.51. The number of ether oxygens (including phenoxy) is 1. The van der Waals surface area contributed by atoms with Crippen LogP contribution in [0.25, 0.3) is 10.8 Å². The molecule has 0 saturated carbocycles. The molecular formula is C15H19N3O2. The zero-order valence-electron chi connectivity index (χ0n) is 11.3. The summed E-state index contributed by atoms with van der Waals surface area (Å²) in [6.07, 6.45) is 5.08. The second kappa shape index (κ2) is 5.26. The first kappa shape index (κ1) is 13.1. The van der Waals surface area contributed by atoms with Crippen LogP contribution in [-0.4, -0.2) is 35.5 Å². The molecule has 1 aliphatic heterocycles. The Morgan fingerprint density at radius 2 is 2.10 bits per heavy atom. The van der Waals surface area contributed by atoms with Gasteiger partial charge in [-0.05, 0) is 25.0 Å². The van der Waals surface area contributed by atoms with Crippen LogP contribution < -0.4 is 11.1 Å². The number of aliphatic hydroxyl groups is 1. The van der Waals surface area contributed by atoms with E-state index in [1.54, 1.807) is 12.4 Å². The molecule has 0 atom stereocenters. The standard InChI is InChI=1S/C15H19N3O2/c16-14-12-3-6-17-9-11(12)1-2-13(14)18-15(10-19)4-7-20-8-5-15/h1-3,6,9,18-19H,4-5,7-8,10,16H2. The number of benzene rings is 1. The first-order chi connectivity index (χ1) is 9.74. The van der Waals surface area contributed by atoms with Crippen molar-refractivity contribution in [3.05, 3.63) is 30.6 Å². The molecule has 20 heavy (non-hydrogen) atoms. The maximum atomic E-state index is 9.74. The molecule has 0 unspecified atom stereocenters. The van der Waals surface area contributed by atoms with E-state index in [4.69, 9.17) is 10.5 Å². The van der Waals surface area contributed by atoms with Crippen LogP contribution in [0.5, 0.6) is 0 Å². The van der Waals surface area contributed by atoms with Crippen LogP contribution in [0.15, 0.2) is 30.6 Å². The van der Waals surface area contributed by atoms with Crippen LogP contribution in [0, 0.1) is 0 Å². The summed E-state index contributed by atoms with van der Waals surface area (Å²) >= 11 is 0. The Balaban J connectivity index is 1.95. The SMILES string of the molecule is Nc1c(NC2(CO)CCOCC2)ccc2cnccc12. The lowest BCUT2D eigenvalue weighted by molar-refractivity contribution is 0.0380. The minimum atomic E-state index is -0.340. The van der Waals surface area contributed by atoms with E-state index >= 15 is 0 Å². The molecular weight excluding hydrogens is 254 g/mol. The topological polar surface area (TPSA) is 80.4 Å². The molecule has 106 valence electrons. The van der Waals surface area contributed by atoms with Gasteiger partial charge < -0.3 is 20.9 Å². The molecule has 4 N–H and O–H groups in total. The van der Waals surface area contributed by atoms with Gasteiger partial charge in [0.15, 0.2) is 0 Å². The van der Waals surface area contributed by atoms with Crippen molar-refractivity contribution in [2.75, 3.05) is 30.9 Å². The van der Waals surface area contributed by atoms with Gasteiger partial charge in [0.1, 0.15) is 0 Å². The Labute approximate surface area is 117 Å². The van der Waals surface area contributed by atoms with Crippen LogP contribution in [-0.2, 0) is 4.74 Å². The molecule has 1 aromatic heterocycles. The highest BCUT2D eigenvalue weighted by Crippen LogP contribution is 2.33. The molecule has 0 radical (unpaired) electrons. The van der Waals surface area contributed by atoms with Gasteiger partial charge in [-0.15, -0.1) is 0 Å². The van der Waals surface area contributed by atoms with E-state index in [2.05, 4.69) is 10.3 Å². The van der Waals surface area contributed by atoms with Gasteiger partial charge in [0.25, 0.3) is 0 Å². The van der Waals surface area contributed by atoms with E-state index in [9.17, 15) is 5.11 Å². The van der Waals surface area contributed by atoms with Crippen LogP contribution >= 0.6 is 0 Å². The summed E-state index contributed by atoms with van der Waals surface area (Å²) in [4.78, 5) is 4.10. The quantitative estimate of drug-likeness (QED) is 0.743. The Bertz CT molecular complexity index is 609. The van der Waals surface area contributed by atoms with Crippen molar-refractivity contribution in [1.82, 2.24) is 4.98 Å². The Kier molecular flexibility index (Phi) is 3.46. The van der Waals surface area contributed by atoms with Crippen molar-refractivity contribution in [3.8, 4) is 0 Å². The Morgan fingerprint density at radius 1 is 1.30 bits per heavy atom. The first-order valence-electron chi connectivity index (χ1n) is 6.83. The fraction of sp³-hybridized carbons (Fsp3) is 0.400. The number of anilines is 2. The fourth-order valence-corrected chi connectivity index (χ4v) is 2.67. The number of hydrogen-bond acceptors (Lipinski definition) is 5. The van der Waals surface area contributed by atoms with Crippen molar-refractivity contribution in [1.29, 1.82) is 0 Å². The molecule has 1 aliphatic rings. The number of aromatic nitrogens is 1. The Hall–Kier alpha value is -1.85. The van der Waals surface area contributed by atoms with Gasteiger partial charge in [-0.2, -0.15) is 0 Å². The molecule has 0 aliphatic carbocycles. The summed E-state index contributed by atoms with van der Waals surface area (Å²) in [7, 11) is 0. The van der Waals surface area contributed by atoms with Crippen molar-refractivity contribution >= 4 is 22.1 Å². The van der Waals surface area contributed by atoms with Crippen LogP contribution in [0.3, 0.4) is 0 Å².